The van der Waals surface area contributed by atoms with Crippen LogP contribution in [0.2, 0.25) is 0 Å². The standard InChI is InChI=1S/2C14H14F3N3O2S.C14H14F3N3OS/c2*1-10(11-6-7-12(18-9-11)14(15,16)17)23(2,22)19-13-5-3-4-8-20(13)21;1-10(11-6-7-12(19-9-11)14(15,16)17)22(2,21)20-13-5-3-4-8-18-13/h2*3-10H,1-2H3;3-10H,1-2H3. The number of hydrogen-bond donors (Lipinski definition) is 0. The van der Waals surface area contributed by atoms with Crippen molar-refractivity contribution in [3.8, 4) is 0 Å². The molecule has 0 saturated carbocycles. The first-order valence-corrected chi connectivity index (χ1v) is 25.4. The van der Waals surface area contributed by atoms with Crippen LogP contribution in [0.15, 0.2) is 141 Å². The van der Waals surface area contributed by atoms with E-state index in [4.69, 9.17) is 0 Å². The number of aromatic nitrogens is 6. The van der Waals surface area contributed by atoms with Crippen LogP contribution in [0.5, 0.6) is 0 Å². The summed E-state index contributed by atoms with van der Waals surface area (Å²) in [5.74, 6) is 0.278. The van der Waals surface area contributed by atoms with Crippen LogP contribution in [0.1, 0.15) is 70.3 Å². The van der Waals surface area contributed by atoms with Crippen LogP contribution < -0.4 is 9.46 Å². The molecule has 68 heavy (non-hydrogen) atoms. The monoisotopic (exact) mass is 1020 g/mol. The Hall–Kier alpha value is -6.28. The van der Waals surface area contributed by atoms with E-state index in [9.17, 15) is 62.6 Å². The smallest absolute Gasteiger partial charge is 0.433 e. The van der Waals surface area contributed by atoms with Crippen molar-refractivity contribution in [2.45, 2.75) is 55.0 Å². The molecular formula is C42H42F9N9O5S3. The van der Waals surface area contributed by atoms with E-state index in [1.807, 2.05) is 0 Å². The summed E-state index contributed by atoms with van der Waals surface area (Å²) in [6, 6.07) is 20.3. The lowest BCUT2D eigenvalue weighted by Crippen LogP contribution is -2.25. The van der Waals surface area contributed by atoms with Gasteiger partial charge in [0.05, 0.1) is 37.9 Å². The molecule has 6 aromatic heterocycles. The number of rotatable bonds is 9. The number of pyridine rings is 6. The molecule has 0 aromatic carbocycles. The minimum absolute atomic E-state index is 0.0216. The third kappa shape index (κ3) is 15.1. The molecule has 6 rings (SSSR count). The van der Waals surface area contributed by atoms with E-state index < -0.39 is 80.5 Å². The van der Waals surface area contributed by atoms with Crippen molar-refractivity contribution in [3.05, 3.63) is 172 Å². The van der Waals surface area contributed by atoms with Crippen molar-refractivity contribution in [2.24, 2.45) is 13.1 Å². The molecule has 14 nitrogen and oxygen atoms in total. The maximum Gasteiger partial charge on any atom is 0.433 e. The Bertz CT molecular complexity index is 2890. The zero-order chi connectivity index (χ0) is 50.9. The number of alkyl halides is 9. The zero-order valence-corrected chi connectivity index (χ0v) is 39.0. The van der Waals surface area contributed by atoms with Crippen LogP contribution in [-0.2, 0) is 47.7 Å². The van der Waals surface area contributed by atoms with Crippen LogP contribution >= 0.6 is 0 Å². The molecule has 0 amide bonds. The van der Waals surface area contributed by atoms with Gasteiger partial charge in [0.1, 0.15) is 36.5 Å². The van der Waals surface area contributed by atoms with Crippen molar-refractivity contribution >= 4 is 46.6 Å². The van der Waals surface area contributed by atoms with Crippen molar-refractivity contribution < 1.29 is 61.6 Å². The highest BCUT2D eigenvalue weighted by Crippen LogP contribution is 2.33. The van der Waals surface area contributed by atoms with Crippen LogP contribution in [0.4, 0.5) is 57.0 Å². The fourth-order valence-corrected chi connectivity index (χ4v) is 9.29. The largest absolute Gasteiger partial charge is 0.710 e. The van der Waals surface area contributed by atoms with Gasteiger partial charge >= 0.3 is 30.2 Å². The third-order valence-electron chi connectivity index (χ3n) is 9.69. The summed E-state index contributed by atoms with van der Waals surface area (Å²) in [4.78, 5) is 14.1. The van der Waals surface area contributed by atoms with E-state index in [2.05, 4.69) is 33.0 Å². The summed E-state index contributed by atoms with van der Waals surface area (Å²) in [6.45, 7) is 4.77. The zero-order valence-electron chi connectivity index (χ0n) is 36.5. The third-order valence-corrected chi connectivity index (χ3v) is 16.1. The van der Waals surface area contributed by atoms with Crippen molar-refractivity contribution in [3.63, 3.8) is 0 Å². The Morgan fingerprint density at radius 2 is 0.794 bits per heavy atom. The van der Waals surface area contributed by atoms with Gasteiger partial charge in [-0.25, -0.2) is 27.1 Å². The van der Waals surface area contributed by atoms with Gasteiger partial charge < -0.3 is 10.4 Å². The Balaban J connectivity index is 0.000000222. The number of hydrogen-bond acceptors (Lipinski definition) is 12. The quantitative estimate of drug-likeness (QED) is 0.0769. The van der Waals surface area contributed by atoms with Crippen LogP contribution in [0, 0.1) is 10.4 Å². The summed E-state index contributed by atoms with van der Waals surface area (Å²) < 4.78 is 164. The van der Waals surface area contributed by atoms with Crippen LogP contribution in [-0.4, -0.2) is 51.3 Å². The van der Waals surface area contributed by atoms with Gasteiger partial charge in [0, 0.05) is 64.4 Å². The second kappa shape index (κ2) is 21.8. The fourth-order valence-electron chi connectivity index (χ4n) is 5.38. The molecule has 6 heterocycles. The van der Waals surface area contributed by atoms with Gasteiger partial charge in [0.15, 0.2) is 5.82 Å². The van der Waals surface area contributed by atoms with Gasteiger partial charge in [-0.2, -0.15) is 43.9 Å². The minimum atomic E-state index is -4.53. The highest BCUT2D eigenvalue weighted by Gasteiger charge is 2.35. The van der Waals surface area contributed by atoms with Crippen LogP contribution in [0.3, 0.4) is 0 Å². The van der Waals surface area contributed by atoms with Gasteiger partial charge in [-0.15, -0.1) is 0 Å². The average molecular weight is 1020 g/mol. The first-order valence-electron chi connectivity index (χ1n) is 19.4. The maximum atomic E-state index is 12.7. The molecule has 0 spiro atoms. The molecule has 0 fully saturated rings. The van der Waals surface area contributed by atoms with Crippen molar-refractivity contribution in [1.82, 2.24) is 19.9 Å². The highest BCUT2D eigenvalue weighted by atomic mass is 32.2. The average Bonchev–Trinajstić information content (AvgIpc) is 3.27. The topological polar surface area (TPSA) is 194 Å². The van der Waals surface area contributed by atoms with E-state index in [0.717, 1.165) is 36.8 Å². The predicted molar refractivity (Wildman–Crippen MR) is 236 cm³/mol. The van der Waals surface area contributed by atoms with Crippen molar-refractivity contribution in [2.75, 3.05) is 18.8 Å². The molecule has 366 valence electrons. The van der Waals surface area contributed by atoms with E-state index >= 15 is 0 Å². The van der Waals surface area contributed by atoms with E-state index in [-0.39, 0.29) is 11.6 Å². The molecule has 0 N–H and O–H groups in total. The molecule has 6 unspecified atom stereocenters. The summed E-state index contributed by atoms with van der Waals surface area (Å²) in [5, 5.41) is 21.2. The van der Waals surface area contributed by atoms with E-state index in [1.54, 1.807) is 51.1 Å². The summed E-state index contributed by atoms with van der Waals surface area (Å²) >= 11 is 0. The van der Waals surface area contributed by atoms with E-state index in [1.165, 1.54) is 79.8 Å². The van der Waals surface area contributed by atoms with Gasteiger partial charge in [0.25, 0.3) is 0 Å². The molecule has 0 aliphatic carbocycles. The Labute approximate surface area is 386 Å². The SMILES string of the molecule is CC(c1ccc(C(F)(F)F)nc1)S(C)(=O)=Nc1cccc[n+]1[O-].CC(c1ccc(C(F)(F)F)nc1)S(C)(=O)=Nc1cccc[n+]1[O-].CC(c1ccc(C(F)(F)F)nc1)S(C)(=O)=Nc1ccccn1. The lowest BCUT2D eigenvalue weighted by Gasteiger charge is -2.14. The van der Waals surface area contributed by atoms with Gasteiger partial charge in [-0.3, -0.25) is 15.0 Å². The first kappa shape index (κ1) is 54.3. The normalized spacial score (nSPS) is 15.8. The molecule has 0 saturated heterocycles. The summed E-state index contributed by atoms with van der Waals surface area (Å²) in [5.41, 5.74) is -1.89. The number of nitrogens with zero attached hydrogens (tertiary/aromatic N) is 9. The molecule has 0 aliphatic heterocycles. The van der Waals surface area contributed by atoms with Gasteiger partial charge in [-0.05, 0) is 79.9 Å². The fraction of sp³-hybridized carbons (Fsp3) is 0.286. The number of halogens is 9. The summed E-state index contributed by atoms with van der Waals surface area (Å²) in [7, 11) is -8.53. The molecule has 6 aromatic rings. The Morgan fingerprint density at radius 1 is 0.471 bits per heavy atom. The van der Waals surface area contributed by atoms with Crippen molar-refractivity contribution in [1.29, 1.82) is 0 Å². The van der Waals surface area contributed by atoms with Gasteiger partial charge in [-0.1, -0.05) is 36.4 Å². The van der Waals surface area contributed by atoms with E-state index in [0.29, 0.717) is 32.0 Å². The second-order valence-corrected chi connectivity index (χ2v) is 22.5. The van der Waals surface area contributed by atoms with Crippen LogP contribution in [0.25, 0.3) is 0 Å². The molecular weight excluding hydrogens is 978 g/mol. The lowest BCUT2D eigenvalue weighted by atomic mass is 10.2. The molecule has 0 bridgehead atoms. The Morgan fingerprint density at radius 3 is 1.06 bits per heavy atom. The summed E-state index contributed by atoms with van der Waals surface area (Å²) in [6.07, 6.45) is -2.29. The van der Waals surface area contributed by atoms with Gasteiger partial charge in [0.2, 0.25) is 0 Å². The highest BCUT2D eigenvalue weighted by molar-refractivity contribution is 7.93. The first-order chi connectivity index (χ1) is 31.4. The lowest BCUT2D eigenvalue weighted by molar-refractivity contribution is -0.591. The Kier molecular flexibility index (Phi) is 17.4. The minimum Gasteiger partial charge on any atom is -0.710 e. The molecule has 26 heteroatoms. The second-order valence-electron chi connectivity index (χ2n) is 14.7. The maximum absolute atomic E-state index is 12.7. The molecule has 0 radical (unpaired) electrons. The predicted octanol–water partition coefficient (Wildman–Crippen LogP) is 10.4. The molecule has 0 aliphatic rings. The molecule has 6 atom stereocenters.